The predicted octanol–water partition coefficient (Wildman–Crippen LogP) is 3.68. The Balaban J connectivity index is 1.38. The molecule has 3 heterocycles. The number of hydrogen-bond acceptors (Lipinski definition) is 5. The molecule has 0 amide bonds. The van der Waals surface area contributed by atoms with Gasteiger partial charge in [-0.25, -0.2) is 0 Å². The van der Waals surface area contributed by atoms with Crippen LogP contribution in [0.2, 0.25) is 0 Å². The third kappa shape index (κ3) is 3.81. The molecule has 1 fully saturated rings. The van der Waals surface area contributed by atoms with E-state index < -0.39 is 0 Å². The van der Waals surface area contributed by atoms with E-state index >= 15 is 0 Å². The lowest BCUT2D eigenvalue weighted by atomic mass is 10.1. The molecule has 1 aliphatic heterocycles. The molecule has 2 aromatic heterocycles. The summed E-state index contributed by atoms with van der Waals surface area (Å²) < 4.78 is 7.42. The molecular weight excluding hydrogens is 338 g/mol. The monoisotopic (exact) mass is 365 g/mol. The van der Waals surface area contributed by atoms with Gasteiger partial charge in [0.2, 0.25) is 0 Å². The molecule has 4 rings (SSSR count). The Morgan fingerprint density at radius 3 is 2.74 bits per heavy atom. The zero-order valence-corrected chi connectivity index (χ0v) is 16.4. The molecule has 3 aromatic rings. The first kappa shape index (κ1) is 17.9. The van der Waals surface area contributed by atoms with Crippen molar-refractivity contribution in [2.24, 2.45) is 7.05 Å². The van der Waals surface area contributed by atoms with Gasteiger partial charge in [-0.3, -0.25) is 9.58 Å². The van der Waals surface area contributed by atoms with E-state index in [1.54, 1.807) is 0 Å². The Morgan fingerprint density at radius 2 is 2.00 bits per heavy atom. The highest BCUT2D eigenvalue weighted by atomic mass is 16.5. The van der Waals surface area contributed by atoms with Crippen LogP contribution in [-0.2, 0) is 20.0 Å². The van der Waals surface area contributed by atoms with E-state index in [0.29, 0.717) is 11.9 Å². The number of benzene rings is 1. The fourth-order valence-corrected chi connectivity index (χ4v) is 4.03. The van der Waals surface area contributed by atoms with Crippen molar-refractivity contribution in [2.75, 3.05) is 6.54 Å². The van der Waals surface area contributed by atoms with Crippen molar-refractivity contribution in [3.63, 3.8) is 0 Å². The minimum Gasteiger partial charge on any atom is -0.334 e. The molecule has 142 valence electrons. The summed E-state index contributed by atoms with van der Waals surface area (Å²) >= 11 is 0. The van der Waals surface area contributed by atoms with Gasteiger partial charge in [0.05, 0.1) is 5.69 Å². The van der Waals surface area contributed by atoms with Crippen LogP contribution < -0.4 is 0 Å². The molecule has 6 nitrogen and oxygen atoms in total. The molecule has 6 heteroatoms. The van der Waals surface area contributed by atoms with Crippen molar-refractivity contribution >= 4 is 0 Å². The van der Waals surface area contributed by atoms with Gasteiger partial charge in [-0.15, -0.1) is 0 Å². The van der Waals surface area contributed by atoms with E-state index in [4.69, 9.17) is 4.52 Å². The van der Waals surface area contributed by atoms with Crippen LogP contribution in [0.15, 0.2) is 34.9 Å². The summed E-state index contributed by atoms with van der Waals surface area (Å²) in [7, 11) is 2.02. The third-order valence-corrected chi connectivity index (χ3v) is 5.71. The minimum atomic E-state index is 0.572. The molecule has 0 saturated carbocycles. The van der Waals surface area contributed by atoms with Crippen molar-refractivity contribution in [3.8, 4) is 11.5 Å². The van der Waals surface area contributed by atoms with E-state index in [-0.39, 0.29) is 0 Å². The van der Waals surface area contributed by atoms with Gasteiger partial charge in [-0.2, -0.15) is 10.1 Å². The summed E-state index contributed by atoms with van der Waals surface area (Å²) in [4.78, 5) is 7.16. The molecule has 27 heavy (non-hydrogen) atoms. The lowest BCUT2D eigenvalue weighted by molar-refractivity contribution is 0.232. The van der Waals surface area contributed by atoms with E-state index in [0.717, 1.165) is 43.0 Å². The largest absolute Gasteiger partial charge is 0.334 e. The van der Waals surface area contributed by atoms with Crippen LogP contribution in [0.25, 0.3) is 11.5 Å². The standard InChI is InChI=1S/C21H27N5O/c1-15-19(16(2)25(3)23-15)14-26-13-7-10-18(26)11-12-20-22-21(27-24-20)17-8-5-4-6-9-17/h4-6,8-9,18H,7,10-14H2,1-3H3. The summed E-state index contributed by atoms with van der Waals surface area (Å²) in [6.45, 7) is 6.40. The molecule has 1 atom stereocenters. The molecule has 0 radical (unpaired) electrons. The van der Waals surface area contributed by atoms with Gasteiger partial charge in [0.15, 0.2) is 5.82 Å². The number of aryl methyl sites for hydroxylation is 3. The van der Waals surface area contributed by atoms with Crippen LogP contribution in [0, 0.1) is 13.8 Å². The maximum Gasteiger partial charge on any atom is 0.257 e. The molecule has 1 aromatic carbocycles. The Kier molecular flexibility index (Phi) is 5.07. The van der Waals surface area contributed by atoms with E-state index in [1.807, 2.05) is 42.1 Å². The fraction of sp³-hybridized carbons (Fsp3) is 0.476. The minimum absolute atomic E-state index is 0.572. The van der Waals surface area contributed by atoms with Crippen LogP contribution >= 0.6 is 0 Å². The Bertz CT molecular complexity index is 899. The molecule has 1 aliphatic rings. The zero-order valence-electron chi connectivity index (χ0n) is 16.4. The second kappa shape index (κ2) is 7.64. The second-order valence-corrected chi connectivity index (χ2v) is 7.46. The van der Waals surface area contributed by atoms with Crippen molar-refractivity contribution in [1.82, 2.24) is 24.8 Å². The number of nitrogens with zero attached hydrogens (tertiary/aromatic N) is 5. The van der Waals surface area contributed by atoms with Crippen molar-refractivity contribution in [3.05, 3.63) is 53.1 Å². The zero-order chi connectivity index (χ0) is 18.8. The summed E-state index contributed by atoms with van der Waals surface area (Å²) in [6.07, 6.45) is 4.40. The van der Waals surface area contributed by atoms with E-state index in [2.05, 4.69) is 34.0 Å². The van der Waals surface area contributed by atoms with Crippen LogP contribution in [0.1, 0.15) is 42.0 Å². The fourth-order valence-electron chi connectivity index (χ4n) is 4.03. The molecule has 0 spiro atoms. The normalized spacial score (nSPS) is 17.7. The van der Waals surface area contributed by atoms with Crippen LogP contribution in [-0.4, -0.2) is 37.4 Å². The third-order valence-electron chi connectivity index (χ3n) is 5.71. The average molecular weight is 365 g/mol. The van der Waals surface area contributed by atoms with Gasteiger partial charge < -0.3 is 4.52 Å². The molecule has 1 unspecified atom stereocenters. The Labute approximate surface area is 160 Å². The van der Waals surface area contributed by atoms with Gasteiger partial charge in [-0.1, -0.05) is 23.4 Å². The number of rotatable bonds is 6. The maximum absolute atomic E-state index is 5.44. The molecule has 0 N–H and O–H groups in total. The SMILES string of the molecule is Cc1nn(C)c(C)c1CN1CCCC1CCc1noc(-c2ccccc2)n1. The highest BCUT2D eigenvalue weighted by Crippen LogP contribution is 2.26. The predicted molar refractivity (Wildman–Crippen MR) is 104 cm³/mol. The van der Waals surface area contributed by atoms with Gasteiger partial charge >= 0.3 is 0 Å². The van der Waals surface area contributed by atoms with E-state index in [1.165, 1.54) is 24.1 Å². The second-order valence-electron chi connectivity index (χ2n) is 7.46. The van der Waals surface area contributed by atoms with Gasteiger partial charge in [-0.05, 0) is 51.8 Å². The van der Waals surface area contributed by atoms with E-state index in [9.17, 15) is 0 Å². The molecule has 1 saturated heterocycles. The molecule has 0 aliphatic carbocycles. The van der Waals surface area contributed by atoms with Crippen molar-refractivity contribution < 1.29 is 4.52 Å². The topological polar surface area (TPSA) is 60.0 Å². The lowest BCUT2D eigenvalue weighted by Crippen LogP contribution is -2.29. The summed E-state index contributed by atoms with van der Waals surface area (Å²) in [5.74, 6) is 1.41. The molecular formula is C21H27N5O. The van der Waals surface area contributed by atoms with Crippen LogP contribution in [0.5, 0.6) is 0 Å². The van der Waals surface area contributed by atoms with Gasteiger partial charge in [0.25, 0.3) is 5.89 Å². The van der Waals surface area contributed by atoms with Crippen molar-refractivity contribution in [1.29, 1.82) is 0 Å². The van der Waals surface area contributed by atoms with Crippen LogP contribution in [0.4, 0.5) is 0 Å². The first-order valence-corrected chi connectivity index (χ1v) is 9.73. The summed E-state index contributed by atoms with van der Waals surface area (Å²) in [6, 6.07) is 10.5. The van der Waals surface area contributed by atoms with Crippen molar-refractivity contribution in [2.45, 2.75) is 52.1 Å². The maximum atomic E-state index is 5.44. The quantitative estimate of drug-likeness (QED) is 0.667. The van der Waals surface area contributed by atoms with Gasteiger partial charge in [0, 0.05) is 42.9 Å². The first-order chi connectivity index (χ1) is 13.1. The number of aromatic nitrogens is 4. The highest BCUT2D eigenvalue weighted by molar-refractivity contribution is 5.51. The highest BCUT2D eigenvalue weighted by Gasteiger charge is 2.26. The van der Waals surface area contributed by atoms with Crippen LogP contribution in [0.3, 0.4) is 0 Å². The first-order valence-electron chi connectivity index (χ1n) is 9.73. The smallest absolute Gasteiger partial charge is 0.257 e. The number of likely N-dealkylation sites (tertiary alicyclic amines) is 1. The Hall–Kier alpha value is -2.47. The Morgan fingerprint density at radius 1 is 1.19 bits per heavy atom. The summed E-state index contributed by atoms with van der Waals surface area (Å²) in [5, 5.41) is 8.74. The van der Waals surface area contributed by atoms with Gasteiger partial charge in [0.1, 0.15) is 0 Å². The average Bonchev–Trinajstić information content (AvgIpc) is 3.38. The molecule has 0 bridgehead atoms. The summed E-state index contributed by atoms with van der Waals surface area (Å²) in [5.41, 5.74) is 4.76. The lowest BCUT2D eigenvalue weighted by Gasteiger charge is -2.24. The number of hydrogen-bond donors (Lipinski definition) is 0.